The maximum Gasteiger partial charge on any atom is 0.228 e. The van der Waals surface area contributed by atoms with E-state index in [-0.39, 0.29) is 5.06 Å². The van der Waals surface area contributed by atoms with Crippen LogP contribution in [0.15, 0.2) is 59.6 Å². The molecule has 0 saturated heterocycles. The van der Waals surface area contributed by atoms with E-state index in [4.69, 9.17) is 4.52 Å². The molecule has 0 fully saturated rings. The van der Waals surface area contributed by atoms with Gasteiger partial charge in [0, 0.05) is 22.0 Å². The Hall–Kier alpha value is -1.96. The molecule has 0 amide bonds. The summed E-state index contributed by atoms with van der Waals surface area (Å²) >= 11 is 0. The van der Waals surface area contributed by atoms with Crippen molar-refractivity contribution in [3.8, 4) is 11.4 Å². The number of rotatable bonds is 5. The van der Waals surface area contributed by atoms with Gasteiger partial charge in [-0.2, -0.15) is 4.98 Å². The Balaban J connectivity index is 1.77. The summed E-state index contributed by atoms with van der Waals surface area (Å²) in [6.45, 7) is 6.14. The molecule has 1 heterocycles. The molecule has 3 aromatic rings. The SMILES string of the molecule is BC(C)(P)c1nc(-c2ccc(C(=C)Nc3ccccc3P)cc2)no1. The molecule has 0 aliphatic heterocycles. The third-order valence-electron chi connectivity index (χ3n) is 3.72. The van der Waals surface area contributed by atoms with Crippen molar-refractivity contribution in [2.45, 2.75) is 12.0 Å². The Morgan fingerprint density at radius 2 is 1.88 bits per heavy atom. The zero-order chi connectivity index (χ0) is 18.0. The van der Waals surface area contributed by atoms with Crippen LogP contribution in [-0.2, 0) is 5.06 Å². The highest BCUT2D eigenvalue weighted by Gasteiger charge is 2.22. The zero-order valence-corrected chi connectivity index (χ0v) is 16.6. The summed E-state index contributed by atoms with van der Waals surface area (Å²) in [6.07, 6.45) is 0. The summed E-state index contributed by atoms with van der Waals surface area (Å²) in [7, 11) is 7.43. The molecule has 4 nitrogen and oxygen atoms in total. The number of hydrogen-bond donors (Lipinski definition) is 1. The van der Waals surface area contributed by atoms with Crippen LogP contribution < -0.4 is 10.6 Å². The van der Waals surface area contributed by atoms with Gasteiger partial charge in [0.2, 0.25) is 11.7 Å². The second-order valence-corrected chi connectivity index (χ2v) is 8.48. The fourth-order valence-electron chi connectivity index (χ4n) is 2.27. The number of hydrogen-bond acceptors (Lipinski definition) is 4. The van der Waals surface area contributed by atoms with Gasteiger partial charge < -0.3 is 9.84 Å². The van der Waals surface area contributed by atoms with E-state index in [9.17, 15) is 0 Å². The number of para-hydroxylation sites is 1. The van der Waals surface area contributed by atoms with Crippen LogP contribution in [0.5, 0.6) is 0 Å². The van der Waals surface area contributed by atoms with Crippen molar-refractivity contribution in [3.05, 3.63) is 66.6 Å². The maximum absolute atomic E-state index is 5.34. The fraction of sp³-hybridized carbons (Fsp3) is 0.111. The van der Waals surface area contributed by atoms with E-state index in [2.05, 4.69) is 40.5 Å². The van der Waals surface area contributed by atoms with Gasteiger partial charge in [-0.25, -0.2) is 0 Å². The van der Waals surface area contributed by atoms with Gasteiger partial charge in [0.05, 0.1) is 0 Å². The molecular formula is C18H20BN3OP2. The second-order valence-electron chi connectivity index (χ2n) is 6.41. The second kappa shape index (κ2) is 7.11. The molecule has 1 aromatic heterocycles. The molecule has 3 unspecified atom stereocenters. The molecular weight excluding hydrogens is 347 g/mol. The van der Waals surface area contributed by atoms with Gasteiger partial charge in [0.25, 0.3) is 0 Å². The Morgan fingerprint density at radius 3 is 2.48 bits per heavy atom. The molecule has 0 aliphatic carbocycles. The lowest BCUT2D eigenvalue weighted by Gasteiger charge is -2.12. The first-order valence-electron chi connectivity index (χ1n) is 7.89. The van der Waals surface area contributed by atoms with E-state index >= 15 is 0 Å². The van der Waals surface area contributed by atoms with Crippen molar-refractivity contribution in [1.82, 2.24) is 10.1 Å². The van der Waals surface area contributed by atoms with Crippen molar-refractivity contribution < 1.29 is 4.52 Å². The highest BCUT2D eigenvalue weighted by atomic mass is 31.0. The van der Waals surface area contributed by atoms with Crippen molar-refractivity contribution in [3.63, 3.8) is 0 Å². The molecule has 3 atom stereocenters. The van der Waals surface area contributed by atoms with Crippen LogP contribution in [-0.4, -0.2) is 18.0 Å². The first-order valence-corrected chi connectivity index (χ1v) is 9.04. The lowest BCUT2D eigenvalue weighted by atomic mass is 9.88. The molecule has 126 valence electrons. The molecule has 0 radical (unpaired) electrons. The third-order valence-corrected chi connectivity index (χ3v) is 4.47. The van der Waals surface area contributed by atoms with Crippen LogP contribution in [0.25, 0.3) is 17.1 Å². The van der Waals surface area contributed by atoms with Crippen molar-refractivity contribution in [1.29, 1.82) is 0 Å². The van der Waals surface area contributed by atoms with E-state index in [1.165, 1.54) is 0 Å². The lowest BCUT2D eigenvalue weighted by Crippen LogP contribution is -2.12. The minimum absolute atomic E-state index is 0.241. The third kappa shape index (κ3) is 4.18. The first kappa shape index (κ1) is 17.9. The minimum atomic E-state index is -0.241. The summed E-state index contributed by atoms with van der Waals surface area (Å²) in [4.78, 5) is 4.47. The quantitative estimate of drug-likeness (QED) is 0.557. The van der Waals surface area contributed by atoms with Crippen LogP contribution >= 0.6 is 18.5 Å². The Morgan fingerprint density at radius 1 is 1.20 bits per heavy atom. The Labute approximate surface area is 153 Å². The van der Waals surface area contributed by atoms with E-state index in [0.29, 0.717) is 11.7 Å². The molecule has 0 bridgehead atoms. The molecule has 0 spiro atoms. The average molecular weight is 367 g/mol. The van der Waals surface area contributed by atoms with Crippen LogP contribution in [0.2, 0.25) is 0 Å². The van der Waals surface area contributed by atoms with E-state index in [1.807, 2.05) is 63.3 Å². The van der Waals surface area contributed by atoms with Crippen LogP contribution in [0.1, 0.15) is 18.4 Å². The predicted molar refractivity (Wildman–Crippen MR) is 114 cm³/mol. The number of anilines is 1. The molecule has 3 rings (SSSR count). The maximum atomic E-state index is 5.34. The molecule has 0 aliphatic rings. The van der Waals surface area contributed by atoms with E-state index < -0.39 is 0 Å². The lowest BCUT2D eigenvalue weighted by molar-refractivity contribution is 0.372. The smallest absolute Gasteiger partial charge is 0.228 e. The van der Waals surface area contributed by atoms with Crippen LogP contribution in [0, 0.1) is 0 Å². The summed E-state index contributed by atoms with van der Waals surface area (Å²) in [6, 6.07) is 16.0. The number of aromatic nitrogens is 2. The molecule has 7 heteroatoms. The highest BCUT2D eigenvalue weighted by Crippen LogP contribution is 2.28. The standard InChI is InChI=1S/C18H20BN3OP2/c1-11(20-14-5-3-4-6-15(14)24)12-7-9-13(10-8-12)16-21-17(23-22-16)18(2,19)25/h3-10,20H,1,19,24-25H2,2H3. The number of nitrogens with zero attached hydrogens (tertiary/aromatic N) is 2. The molecule has 0 saturated carbocycles. The van der Waals surface area contributed by atoms with Gasteiger partial charge in [-0.1, -0.05) is 61.1 Å². The first-order chi connectivity index (χ1) is 11.8. The van der Waals surface area contributed by atoms with Crippen LogP contribution in [0.4, 0.5) is 5.69 Å². The van der Waals surface area contributed by atoms with E-state index in [1.54, 1.807) is 0 Å². The van der Waals surface area contributed by atoms with Crippen molar-refractivity contribution in [2.24, 2.45) is 0 Å². The molecule has 25 heavy (non-hydrogen) atoms. The van der Waals surface area contributed by atoms with Gasteiger partial charge in [-0.3, -0.25) is 0 Å². The summed E-state index contributed by atoms with van der Waals surface area (Å²) in [5.74, 6) is 1.19. The Bertz CT molecular complexity index is 901. The van der Waals surface area contributed by atoms with E-state index in [0.717, 1.165) is 27.8 Å². The number of benzene rings is 2. The van der Waals surface area contributed by atoms with Gasteiger partial charge >= 0.3 is 0 Å². The topological polar surface area (TPSA) is 51.0 Å². The largest absolute Gasteiger partial charge is 0.355 e. The Kier molecular flexibility index (Phi) is 5.08. The minimum Gasteiger partial charge on any atom is -0.355 e. The predicted octanol–water partition coefficient (Wildman–Crippen LogP) is 3.00. The van der Waals surface area contributed by atoms with Gasteiger partial charge in [-0.15, -0.1) is 18.5 Å². The van der Waals surface area contributed by atoms with Gasteiger partial charge in [0.1, 0.15) is 7.85 Å². The normalized spacial score (nSPS) is 13.2. The number of nitrogens with one attached hydrogen (secondary N) is 1. The fourth-order valence-corrected chi connectivity index (χ4v) is 2.67. The van der Waals surface area contributed by atoms with Gasteiger partial charge in [0.15, 0.2) is 0 Å². The molecule has 1 N–H and O–H groups in total. The van der Waals surface area contributed by atoms with Crippen molar-refractivity contribution >= 4 is 43.0 Å². The summed E-state index contributed by atoms with van der Waals surface area (Å²) in [5.41, 5.74) is 3.77. The summed E-state index contributed by atoms with van der Waals surface area (Å²) in [5, 5.41) is 8.26. The summed E-state index contributed by atoms with van der Waals surface area (Å²) < 4.78 is 5.34. The monoisotopic (exact) mass is 367 g/mol. The highest BCUT2D eigenvalue weighted by molar-refractivity contribution is 7.28. The zero-order valence-electron chi connectivity index (χ0n) is 14.3. The van der Waals surface area contributed by atoms with Gasteiger partial charge in [-0.05, 0) is 16.9 Å². The molecule has 2 aromatic carbocycles. The average Bonchev–Trinajstić information content (AvgIpc) is 3.07. The van der Waals surface area contributed by atoms with Crippen molar-refractivity contribution in [2.75, 3.05) is 5.32 Å². The van der Waals surface area contributed by atoms with Crippen LogP contribution in [0.3, 0.4) is 0 Å².